The van der Waals surface area contributed by atoms with Gasteiger partial charge in [0.25, 0.3) is 11.1 Å². The summed E-state index contributed by atoms with van der Waals surface area (Å²) in [7, 11) is 0. The van der Waals surface area contributed by atoms with Gasteiger partial charge in [-0.3, -0.25) is 14.5 Å². The van der Waals surface area contributed by atoms with E-state index < -0.39 is 0 Å². The largest absolute Gasteiger partial charge is 0.490 e. The van der Waals surface area contributed by atoms with Crippen molar-refractivity contribution in [3.63, 3.8) is 0 Å². The van der Waals surface area contributed by atoms with Crippen LogP contribution in [0.1, 0.15) is 29.2 Å². The Kier molecular flexibility index (Phi) is 7.31. The van der Waals surface area contributed by atoms with Crippen LogP contribution in [0.3, 0.4) is 0 Å². The first kappa shape index (κ1) is 23.1. The Morgan fingerprint density at radius 1 is 0.971 bits per heavy atom. The quantitative estimate of drug-likeness (QED) is 0.389. The molecule has 2 amide bonds. The highest BCUT2D eigenvalue weighted by atomic mass is 32.2. The summed E-state index contributed by atoms with van der Waals surface area (Å²) in [6.45, 7) is 2.81. The topological polar surface area (TPSA) is 79.6 Å². The third-order valence-electron chi connectivity index (χ3n) is 5.14. The fourth-order valence-electron chi connectivity index (χ4n) is 3.46. The van der Waals surface area contributed by atoms with E-state index in [0.717, 1.165) is 27.8 Å². The zero-order chi connectivity index (χ0) is 23.9. The number of ether oxygens (including phenoxy) is 2. The van der Waals surface area contributed by atoms with Crippen LogP contribution in [0.5, 0.6) is 11.5 Å². The van der Waals surface area contributed by atoms with Crippen molar-refractivity contribution in [2.24, 2.45) is 0 Å². The SMILES string of the molecule is CCOc1cc(/C=C2/SC(=O)N(Cc3ccccc3C#N)C2=O)ccc1OCc1ccccc1. The highest BCUT2D eigenvalue weighted by Gasteiger charge is 2.35. The Morgan fingerprint density at radius 2 is 1.74 bits per heavy atom. The minimum Gasteiger partial charge on any atom is -0.490 e. The molecule has 3 aromatic rings. The molecule has 1 heterocycles. The molecule has 6 nitrogen and oxygen atoms in total. The van der Waals surface area contributed by atoms with Crippen molar-refractivity contribution in [1.29, 1.82) is 5.26 Å². The van der Waals surface area contributed by atoms with Crippen molar-refractivity contribution in [3.05, 3.63) is 100.0 Å². The average Bonchev–Trinajstić information content (AvgIpc) is 3.12. The van der Waals surface area contributed by atoms with Crippen LogP contribution in [0.15, 0.2) is 77.7 Å². The minimum atomic E-state index is -0.384. The number of carbonyl (C=O) groups excluding carboxylic acids is 2. The zero-order valence-electron chi connectivity index (χ0n) is 18.6. The summed E-state index contributed by atoms with van der Waals surface area (Å²) in [6, 6.07) is 24.3. The zero-order valence-corrected chi connectivity index (χ0v) is 19.4. The maximum absolute atomic E-state index is 12.9. The van der Waals surface area contributed by atoms with E-state index in [1.807, 2.05) is 43.3 Å². The molecule has 1 saturated heterocycles. The van der Waals surface area contributed by atoms with Gasteiger partial charge < -0.3 is 9.47 Å². The van der Waals surface area contributed by atoms with Crippen LogP contribution in [0.2, 0.25) is 0 Å². The first-order valence-corrected chi connectivity index (χ1v) is 11.6. The molecule has 3 aromatic carbocycles. The predicted molar refractivity (Wildman–Crippen MR) is 131 cm³/mol. The predicted octanol–water partition coefficient (Wildman–Crippen LogP) is 5.77. The summed E-state index contributed by atoms with van der Waals surface area (Å²) in [5, 5.41) is 8.92. The van der Waals surface area contributed by atoms with Gasteiger partial charge in [-0.2, -0.15) is 5.26 Å². The molecule has 170 valence electrons. The highest BCUT2D eigenvalue weighted by Crippen LogP contribution is 2.35. The maximum atomic E-state index is 12.9. The number of nitrogens with zero attached hydrogens (tertiary/aromatic N) is 2. The number of carbonyl (C=O) groups is 2. The second kappa shape index (κ2) is 10.7. The fraction of sp³-hybridized carbons (Fsp3) is 0.148. The minimum absolute atomic E-state index is 0.0577. The van der Waals surface area contributed by atoms with E-state index in [0.29, 0.717) is 40.7 Å². The van der Waals surface area contributed by atoms with Crippen LogP contribution in [-0.4, -0.2) is 22.7 Å². The summed E-state index contributed by atoms with van der Waals surface area (Å²) in [6.07, 6.45) is 1.67. The van der Waals surface area contributed by atoms with E-state index in [1.165, 1.54) is 0 Å². The molecule has 1 fully saturated rings. The smallest absolute Gasteiger partial charge is 0.293 e. The summed E-state index contributed by atoms with van der Waals surface area (Å²) in [5.41, 5.74) is 2.84. The van der Waals surface area contributed by atoms with Crippen LogP contribution in [0.4, 0.5) is 4.79 Å². The van der Waals surface area contributed by atoms with Gasteiger partial charge in [0.1, 0.15) is 6.61 Å². The lowest BCUT2D eigenvalue weighted by Gasteiger charge is -2.13. The Bertz CT molecular complexity index is 1280. The lowest BCUT2D eigenvalue weighted by atomic mass is 10.1. The van der Waals surface area contributed by atoms with Crippen LogP contribution in [0.25, 0.3) is 6.08 Å². The second-order valence-corrected chi connectivity index (χ2v) is 8.44. The van der Waals surface area contributed by atoms with Gasteiger partial charge in [-0.25, -0.2) is 0 Å². The standard InChI is InChI=1S/C27H22N2O4S/c1-2-32-24-14-20(12-13-23(24)33-18-19-8-4-3-5-9-19)15-25-26(30)29(27(31)34-25)17-22-11-7-6-10-21(22)16-28/h3-15H,2,17-18H2,1H3/b25-15+. The number of imide groups is 1. The molecule has 0 spiro atoms. The van der Waals surface area contributed by atoms with Gasteiger partial charge in [0.15, 0.2) is 11.5 Å². The third kappa shape index (κ3) is 5.30. The van der Waals surface area contributed by atoms with E-state index in [4.69, 9.17) is 9.47 Å². The highest BCUT2D eigenvalue weighted by molar-refractivity contribution is 8.18. The Labute approximate surface area is 202 Å². The summed E-state index contributed by atoms with van der Waals surface area (Å²) in [5.74, 6) is 0.781. The molecule has 7 heteroatoms. The molecule has 0 saturated carbocycles. The van der Waals surface area contributed by atoms with Gasteiger partial charge >= 0.3 is 0 Å². The van der Waals surface area contributed by atoms with E-state index in [-0.39, 0.29) is 17.7 Å². The summed E-state index contributed by atoms with van der Waals surface area (Å²) in [4.78, 5) is 27.0. The molecule has 34 heavy (non-hydrogen) atoms. The monoisotopic (exact) mass is 470 g/mol. The Balaban J connectivity index is 1.52. The second-order valence-electron chi connectivity index (χ2n) is 7.45. The number of thioether (sulfide) groups is 1. The van der Waals surface area contributed by atoms with Crippen LogP contribution in [0, 0.1) is 11.3 Å². The third-order valence-corrected chi connectivity index (χ3v) is 6.05. The average molecular weight is 471 g/mol. The Morgan fingerprint density at radius 3 is 2.50 bits per heavy atom. The van der Waals surface area contributed by atoms with Crippen LogP contribution < -0.4 is 9.47 Å². The van der Waals surface area contributed by atoms with Crippen LogP contribution >= 0.6 is 11.8 Å². The van der Waals surface area contributed by atoms with Crippen molar-refractivity contribution < 1.29 is 19.1 Å². The van der Waals surface area contributed by atoms with Crippen LogP contribution in [-0.2, 0) is 17.9 Å². The number of nitriles is 1. The lowest BCUT2D eigenvalue weighted by Crippen LogP contribution is -2.27. The van der Waals surface area contributed by atoms with Gasteiger partial charge in [-0.05, 0) is 59.7 Å². The molecular weight excluding hydrogens is 448 g/mol. The number of benzene rings is 3. The number of rotatable bonds is 8. The molecule has 0 atom stereocenters. The normalized spacial score (nSPS) is 14.4. The van der Waals surface area contributed by atoms with E-state index in [9.17, 15) is 14.9 Å². The van der Waals surface area contributed by atoms with Crippen molar-refractivity contribution in [3.8, 4) is 17.6 Å². The first-order chi connectivity index (χ1) is 16.6. The number of amides is 2. The van der Waals surface area contributed by atoms with Gasteiger partial charge in [0.05, 0.1) is 29.7 Å². The van der Waals surface area contributed by atoms with Crippen molar-refractivity contribution in [1.82, 2.24) is 4.90 Å². The molecule has 0 bridgehead atoms. The maximum Gasteiger partial charge on any atom is 0.293 e. The van der Waals surface area contributed by atoms with Gasteiger partial charge in [-0.15, -0.1) is 0 Å². The van der Waals surface area contributed by atoms with Gasteiger partial charge in [0, 0.05) is 0 Å². The molecular formula is C27H22N2O4S. The van der Waals surface area contributed by atoms with Crippen molar-refractivity contribution >= 4 is 29.0 Å². The molecule has 1 aliphatic rings. The fourth-order valence-corrected chi connectivity index (χ4v) is 4.30. The summed E-state index contributed by atoms with van der Waals surface area (Å²) >= 11 is 0.884. The summed E-state index contributed by atoms with van der Waals surface area (Å²) < 4.78 is 11.7. The lowest BCUT2D eigenvalue weighted by molar-refractivity contribution is -0.123. The number of hydrogen-bond donors (Lipinski definition) is 0. The Hall–Kier alpha value is -4.02. The van der Waals surface area contributed by atoms with E-state index in [1.54, 1.807) is 42.5 Å². The number of hydrogen-bond acceptors (Lipinski definition) is 6. The first-order valence-electron chi connectivity index (χ1n) is 10.8. The molecule has 0 unspecified atom stereocenters. The molecule has 0 radical (unpaired) electrons. The van der Waals surface area contributed by atoms with Gasteiger partial charge in [0.2, 0.25) is 0 Å². The van der Waals surface area contributed by atoms with E-state index in [2.05, 4.69) is 6.07 Å². The van der Waals surface area contributed by atoms with Crippen molar-refractivity contribution in [2.45, 2.75) is 20.1 Å². The molecule has 4 rings (SSSR count). The molecule has 0 aromatic heterocycles. The van der Waals surface area contributed by atoms with E-state index >= 15 is 0 Å². The van der Waals surface area contributed by atoms with Gasteiger partial charge in [-0.1, -0.05) is 54.6 Å². The molecule has 0 aliphatic carbocycles. The van der Waals surface area contributed by atoms with Crippen molar-refractivity contribution in [2.75, 3.05) is 6.61 Å². The molecule has 0 N–H and O–H groups in total. The molecule has 1 aliphatic heterocycles.